The van der Waals surface area contributed by atoms with Crippen LogP contribution in [0.15, 0.2) is 12.1 Å². The van der Waals surface area contributed by atoms with E-state index in [0.29, 0.717) is 23.3 Å². The number of hydrogen-bond acceptors (Lipinski definition) is 3. The highest BCUT2D eigenvalue weighted by molar-refractivity contribution is 5.95. The van der Waals surface area contributed by atoms with Gasteiger partial charge in [0.15, 0.2) is 0 Å². The highest BCUT2D eigenvalue weighted by atomic mass is 16.2. The van der Waals surface area contributed by atoms with Gasteiger partial charge in [-0.3, -0.25) is 4.79 Å². The monoisotopic (exact) mass is 261 g/mol. The number of nitrogens with two attached hydrogens (primary N) is 1. The molecule has 1 saturated carbocycles. The lowest BCUT2D eigenvalue weighted by atomic mass is 10.1. The van der Waals surface area contributed by atoms with Crippen LogP contribution < -0.4 is 5.73 Å². The van der Waals surface area contributed by atoms with Gasteiger partial charge in [0, 0.05) is 24.3 Å². The first-order valence-electron chi connectivity index (χ1n) is 7.06. The second kappa shape index (κ2) is 5.59. The number of anilines is 1. The van der Waals surface area contributed by atoms with Gasteiger partial charge in [-0.05, 0) is 44.2 Å². The summed E-state index contributed by atoms with van der Waals surface area (Å²) in [5, 5.41) is 0. The molecule has 1 aromatic heterocycles. The van der Waals surface area contributed by atoms with Crippen molar-refractivity contribution in [1.29, 1.82) is 0 Å². The van der Waals surface area contributed by atoms with Gasteiger partial charge in [-0.1, -0.05) is 13.3 Å². The fourth-order valence-electron chi connectivity index (χ4n) is 2.40. The van der Waals surface area contributed by atoms with E-state index >= 15 is 0 Å². The molecule has 1 fully saturated rings. The highest BCUT2D eigenvalue weighted by Gasteiger charge is 2.32. The lowest BCUT2D eigenvalue weighted by Gasteiger charge is -2.25. The number of hydrogen-bond donors (Lipinski definition) is 1. The molecule has 0 spiro atoms. The molecule has 1 amide bonds. The summed E-state index contributed by atoms with van der Waals surface area (Å²) in [6.07, 6.45) is 4.32. The van der Waals surface area contributed by atoms with E-state index < -0.39 is 0 Å². The number of rotatable bonds is 5. The third-order valence-electron chi connectivity index (χ3n) is 3.89. The molecule has 0 saturated heterocycles. The minimum Gasteiger partial charge on any atom is -0.384 e. The van der Waals surface area contributed by atoms with Gasteiger partial charge in [-0.25, -0.2) is 4.98 Å². The molecule has 19 heavy (non-hydrogen) atoms. The maximum atomic E-state index is 12.5. The summed E-state index contributed by atoms with van der Waals surface area (Å²) in [6, 6.07) is 3.85. The smallest absolute Gasteiger partial charge is 0.254 e. The molecule has 104 valence electrons. The van der Waals surface area contributed by atoms with Crippen molar-refractivity contribution in [2.24, 2.45) is 5.92 Å². The molecule has 2 N–H and O–H groups in total. The molecule has 1 heterocycles. The summed E-state index contributed by atoms with van der Waals surface area (Å²) in [6.45, 7) is 4.21. The summed E-state index contributed by atoms with van der Waals surface area (Å²) in [4.78, 5) is 18.6. The largest absolute Gasteiger partial charge is 0.384 e. The van der Waals surface area contributed by atoms with Crippen LogP contribution in [0.3, 0.4) is 0 Å². The molecule has 2 rings (SSSR count). The topological polar surface area (TPSA) is 59.2 Å². The number of nitrogens with zero attached hydrogens (tertiary/aromatic N) is 2. The van der Waals surface area contributed by atoms with Crippen LogP contribution in [0.25, 0.3) is 0 Å². The van der Waals surface area contributed by atoms with Gasteiger partial charge in [-0.2, -0.15) is 0 Å². The molecule has 0 aromatic carbocycles. The number of nitrogen functional groups attached to an aromatic ring is 1. The number of amides is 1. The van der Waals surface area contributed by atoms with E-state index in [1.54, 1.807) is 6.07 Å². The van der Waals surface area contributed by atoms with Gasteiger partial charge in [0.25, 0.3) is 5.91 Å². The average molecular weight is 261 g/mol. The van der Waals surface area contributed by atoms with E-state index in [4.69, 9.17) is 5.73 Å². The maximum absolute atomic E-state index is 12.5. The third kappa shape index (κ3) is 3.25. The van der Waals surface area contributed by atoms with Crippen molar-refractivity contribution in [3.8, 4) is 0 Å². The van der Waals surface area contributed by atoms with Crippen molar-refractivity contribution in [2.45, 2.75) is 45.6 Å². The molecule has 4 nitrogen and oxygen atoms in total. The van der Waals surface area contributed by atoms with Gasteiger partial charge >= 0.3 is 0 Å². The van der Waals surface area contributed by atoms with Gasteiger partial charge in [0.05, 0.1) is 0 Å². The molecular weight excluding hydrogens is 238 g/mol. The minimum atomic E-state index is 0.0471. The molecule has 4 heteroatoms. The zero-order valence-electron chi connectivity index (χ0n) is 12.0. The van der Waals surface area contributed by atoms with E-state index in [9.17, 15) is 4.79 Å². The van der Waals surface area contributed by atoms with Crippen molar-refractivity contribution in [3.05, 3.63) is 23.4 Å². The summed E-state index contributed by atoms with van der Waals surface area (Å²) >= 11 is 0. The van der Waals surface area contributed by atoms with E-state index in [-0.39, 0.29) is 5.91 Å². The van der Waals surface area contributed by atoms with Gasteiger partial charge in [0.1, 0.15) is 5.82 Å². The zero-order chi connectivity index (χ0) is 14.0. The summed E-state index contributed by atoms with van der Waals surface area (Å²) in [5.41, 5.74) is 7.35. The summed E-state index contributed by atoms with van der Waals surface area (Å²) in [5.74, 6) is 1.15. The zero-order valence-corrected chi connectivity index (χ0v) is 12.0. The first kappa shape index (κ1) is 13.8. The normalized spacial score (nSPS) is 16.2. The standard InChI is InChI=1S/C15H23N3O/c1-4-5-13-8-12(9-14(16)17-13)15(19)18(3)10(2)11-6-7-11/h8-11H,4-7H2,1-3H3,(H2,16,17). The van der Waals surface area contributed by atoms with Crippen molar-refractivity contribution in [3.63, 3.8) is 0 Å². The van der Waals surface area contributed by atoms with Crippen LogP contribution in [-0.2, 0) is 6.42 Å². The fraction of sp³-hybridized carbons (Fsp3) is 0.600. The van der Waals surface area contributed by atoms with Crippen LogP contribution in [0, 0.1) is 5.92 Å². The lowest BCUT2D eigenvalue weighted by Crippen LogP contribution is -2.36. The van der Waals surface area contributed by atoms with Crippen molar-refractivity contribution >= 4 is 11.7 Å². The van der Waals surface area contributed by atoms with Crippen molar-refractivity contribution in [2.75, 3.05) is 12.8 Å². The molecular formula is C15H23N3O. The Bertz CT molecular complexity index is 468. The van der Waals surface area contributed by atoms with Crippen LogP contribution >= 0.6 is 0 Å². The van der Waals surface area contributed by atoms with Crippen molar-refractivity contribution in [1.82, 2.24) is 9.88 Å². The average Bonchev–Trinajstić information content (AvgIpc) is 3.20. The Hall–Kier alpha value is -1.58. The van der Waals surface area contributed by atoms with E-state index in [0.717, 1.165) is 18.5 Å². The van der Waals surface area contributed by atoms with Crippen LogP contribution in [0.5, 0.6) is 0 Å². The number of aromatic nitrogens is 1. The number of pyridine rings is 1. The Morgan fingerprint density at radius 1 is 1.53 bits per heavy atom. The Balaban J connectivity index is 2.17. The molecule has 1 atom stereocenters. The van der Waals surface area contributed by atoms with Crippen LogP contribution in [0.1, 0.15) is 49.2 Å². The second-order valence-electron chi connectivity index (χ2n) is 5.52. The molecule has 1 aliphatic rings. The summed E-state index contributed by atoms with van der Waals surface area (Å²) in [7, 11) is 1.88. The molecule has 0 aliphatic heterocycles. The number of carbonyl (C=O) groups is 1. The predicted octanol–water partition coefficient (Wildman–Crippen LogP) is 2.49. The predicted molar refractivity (Wildman–Crippen MR) is 76.9 cm³/mol. The number of aryl methyl sites for hydroxylation is 1. The van der Waals surface area contributed by atoms with Crippen LogP contribution in [0.4, 0.5) is 5.82 Å². The first-order chi connectivity index (χ1) is 9.02. The Morgan fingerprint density at radius 2 is 2.21 bits per heavy atom. The highest BCUT2D eigenvalue weighted by Crippen LogP contribution is 2.35. The Morgan fingerprint density at radius 3 is 2.79 bits per heavy atom. The molecule has 1 unspecified atom stereocenters. The van der Waals surface area contributed by atoms with Crippen LogP contribution in [0.2, 0.25) is 0 Å². The van der Waals surface area contributed by atoms with E-state index in [1.165, 1.54) is 12.8 Å². The van der Waals surface area contributed by atoms with Crippen LogP contribution in [-0.4, -0.2) is 28.9 Å². The lowest BCUT2D eigenvalue weighted by molar-refractivity contribution is 0.0727. The van der Waals surface area contributed by atoms with E-state index in [1.807, 2.05) is 18.0 Å². The molecule has 1 aliphatic carbocycles. The SMILES string of the molecule is CCCc1cc(C(=O)N(C)C(C)C2CC2)cc(N)n1. The first-order valence-corrected chi connectivity index (χ1v) is 7.06. The quantitative estimate of drug-likeness (QED) is 0.886. The van der Waals surface area contributed by atoms with Crippen molar-refractivity contribution < 1.29 is 4.79 Å². The Kier molecular flexibility index (Phi) is 4.08. The minimum absolute atomic E-state index is 0.0471. The third-order valence-corrected chi connectivity index (χ3v) is 3.89. The molecule has 1 aromatic rings. The maximum Gasteiger partial charge on any atom is 0.254 e. The summed E-state index contributed by atoms with van der Waals surface area (Å²) < 4.78 is 0. The molecule has 0 bridgehead atoms. The van der Waals surface area contributed by atoms with Gasteiger partial charge < -0.3 is 10.6 Å². The van der Waals surface area contributed by atoms with Gasteiger partial charge in [0.2, 0.25) is 0 Å². The number of carbonyl (C=O) groups excluding carboxylic acids is 1. The second-order valence-corrected chi connectivity index (χ2v) is 5.52. The van der Waals surface area contributed by atoms with Gasteiger partial charge in [-0.15, -0.1) is 0 Å². The Labute approximate surface area is 115 Å². The van der Waals surface area contributed by atoms with E-state index in [2.05, 4.69) is 18.8 Å². The fourth-order valence-corrected chi connectivity index (χ4v) is 2.40. The molecule has 0 radical (unpaired) electrons.